The molecule has 2 aromatic carbocycles. The molecule has 0 spiro atoms. The third kappa shape index (κ3) is 6.54. The number of aliphatic hydroxyl groups is 1. The average Bonchev–Trinajstić information content (AvgIpc) is 2.54. The number of benzene rings is 2. The van der Waals surface area contributed by atoms with Gasteiger partial charge in [-0.25, -0.2) is 0 Å². The van der Waals surface area contributed by atoms with Crippen LogP contribution in [0, 0.1) is 4.91 Å². The first-order valence-corrected chi connectivity index (χ1v) is 6.91. The Kier molecular flexibility index (Phi) is 10.2. The summed E-state index contributed by atoms with van der Waals surface area (Å²) in [4.78, 5) is 18.4. The maximum Gasteiger partial charge on any atom is 0.150 e. The van der Waals surface area contributed by atoms with E-state index < -0.39 is 0 Å². The summed E-state index contributed by atoms with van der Waals surface area (Å²) >= 11 is 0. The largest absolute Gasteiger partial charge is 0.457 e. The zero-order valence-corrected chi connectivity index (χ0v) is 13.8. The van der Waals surface area contributed by atoms with Crippen molar-refractivity contribution in [2.75, 3.05) is 7.11 Å². The molecule has 0 saturated heterocycles. The lowest BCUT2D eigenvalue weighted by atomic mass is 10.2. The molecule has 0 bridgehead atoms. The lowest BCUT2D eigenvalue weighted by Gasteiger charge is -2.09. The fraction of sp³-hybridized carbons (Fsp3) is 0.0714. The second-order valence-electron chi connectivity index (χ2n) is 3.59. The minimum atomic E-state index is 0.607. The van der Waals surface area contributed by atoms with Crippen LogP contribution in [0.25, 0.3) is 0 Å². The number of ether oxygens (including phenoxy) is 1. The lowest BCUT2D eigenvalue weighted by Crippen LogP contribution is -2.18. The molecule has 0 aliphatic heterocycles. The Labute approximate surface area is 127 Å². The maximum atomic E-state index is 10.7. The van der Waals surface area contributed by atoms with E-state index in [1.165, 1.54) is 0 Å². The smallest absolute Gasteiger partial charge is 0.150 e. The van der Waals surface area contributed by atoms with Gasteiger partial charge in [-0.1, -0.05) is 18.2 Å². The standard InChI is InChI=1S/C13H12O2P2.CH4O.H2NO/c14-8-9-2-1-3-10(6-9)15-12-5-4-11(16)7-13(12)17;2*1-2/h1-8H,16-17H2;2H,1H3;1H2/q;;+1. The van der Waals surface area contributed by atoms with Crippen molar-refractivity contribution in [2.45, 2.75) is 0 Å². The van der Waals surface area contributed by atoms with Gasteiger partial charge in [-0.05, 0) is 35.2 Å². The van der Waals surface area contributed by atoms with Gasteiger partial charge in [-0.15, -0.1) is 18.5 Å². The van der Waals surface area contributed by atoms with Crippen molar-refractivity contribution in [3.63, 3.8) is 0 Å². The number of carbonyl (C=O) groups is 1. The number of carbonyl (C=O) groups excluding carboxylic acids is 1. The van der Waals surface area contributed by atoms with E-state index >= 15 is 0 Å². The van der Waals surface area contributed by atoms with Gasteiger partial charge < -0.3 is 9.84 Å². The zero-order valence-electron chi connectivity index (χ0n) is 11.5. The third-order valence-electron chi connectivity index (χ3n) is 2.26. The van der Waals surface area contributed by atoms with Crippen LogP contribution in [0.4, 0.5) is 0 Å². The Bertz CT molecular complexity index is 579. The molecule has 0 aliphatic carbocycles. The summed E-state index contributed by atoms with van der Waals surface area (Å²) in [6.07, 6.45) is 0.806. The first kappa shape index (κ1) is 19.3. The molecule has 3 N–H and O–H groups in total. The molecule has 2 unspecified atom stereocenters. The van der Waals surface area contributed by atoms with Gasteiger partial charge in [-0.2, -0.15) is 0 Å². The summed E-state index contributed by atoms with van der Waals surface area (Å²) < 4.78 is 5.72. The van der Waals surface area contributed by atoms with Gasteiger partial charge in [0.15, 0.2) is 0 Å². The monoisotopic (exact) mass is 326 g/mol. The van der Waals surface area contributed by atoms with Crippen LogP contribution in [-0.4, -0.2) is 18.5 Å². The van der Waals surface area contributed by atoms with E-state index in [0.717, 1.165) is 29.8 Å². The molecule has 21 heavy (non-hydrogen) atoms. The van der Waals surface area contributed by atoms with Crippen molar-refractivity contribution in [3.05, 3.63) is 52.9 Å². The topological polar surface area (TPSA) is 89.2 Å². The molecular weight excluding hydrogens is 308 g/mol. The predicted octanol–water partition coefficient (Wildman–Crippen LogP) is 0.413. The summed E-state index contributed by atoms with van der Waals surface area (Å²) in [5, 5.41) is 9.08. The number of nitrogens with two attached hydrogens (primary N) is 1. The predicted molar refractivity (Wildman–Crippen MR) is 90.5 cm³/mol. The van der Waals surface area contributed by atoms with E-state index in [2.05, 4.69) is 24.1 Å². The van der Waals surface area contributed by atoms with E-state index in [1.807, 2.05) is 24.3 Å². The van der Waals surface area contributed by atoms with Crippen LogP contribution in [0.5, 0.6) is 11.5 Å². The van der Waals surface area contributed by atoms with Crippen LogP contribution in [-0.2, 0) is 0 Å². The first-order valence-electron chi connectivity index (χ1n) is 5.75. The first-order chi connectivity index (χ1) is 10.2. The van der Waals surface area contributed by atoms with Crippen molar-refractivity contribution in [1.29, 1.82) is 0 Å². The van der Waals surface area contributed by atoms with Crippen LogP contribution in [0.15, 0.2) is 42.5 Å². The molecule has 0 fully saturated rings. The maximum absolute atomic E-state index is 10.7. The number of hydrogen-bond donors (Lipinski definition) is 2. The highest BCUT2D eigenvalue weighted by atomic mass is 31.0. The molecular formula is C14H18NO4P2+. The van der Waals surface area contributed by atoms with Crippen molar-refractivity contribution < 1.29 is 20.2 Å². The van der Waals surface area contributed by atoms with Gasteiger partial charge in [0, 0.05) is 22.9 Å². The Balaban J connectivity index is 0.000000921. The zero-order chi connectivity index (χ0) is 16.3. The van der Waals surface area contributed by atoms with E-state index in [-0.39, 0.29) is 0 Å². The number of hydrogen-bond acceptors (Lipinski definition) is 4. The minimum Gasteiger partial charge on any atom is -0.457 e. The van der Waals surface area contributed by atoms with Crippen LogP contribution < -0.4 is 20.9 Å². The summed E-state index contributed by atoms with van der Waals surface area (Å²) in [6.45, 7) is 0. The van der Waals surface area contributed by atoms with Crippen molar-refractivity contribution >= 4 is 35.4 Å². The van der Waals surface area contributed by atoms with Crippen LogP contribution in [0.1, 0.15) is 10.4 Å². The second-order valence-corrected chi connectivity index (χ2v) is 4.88. The normalized spacial score (nSPS) is 8.57. The highest BCUT2D eigenvalue weighted by Crippen LogP contribution is 2.21. The molecule has 0 aromatic heterocycles. The molecule has 0 heterocycles. The Morgan fingerprint density at radius 3 is 2.33 bits per heavy atom. The van der Waals surface area contributed by atoms with E-state index in [4.69, 9.17) is 14.8 Å². The molecule has 0 saturated carbocycles. The molecule has 2 aromatic rings. The third-order valence-corrected chi connectivity index (χ3v) is 3.07. The molecule has 0 amide bonds. The van der Waals surface area contributed by atoms with Crippen LogP contribution >= 0.6 is 18.5 Å². The van der Waals surface area contributed by atoms with E-state index in [9.17, 15) is 4.79 Å². The van der Waals surface area contributed by atoms with Gasteiger partial charge in [-0.3, -0.25) is 4.79 Å². The van der Waals surface area contributed by atoms with Gasteiger partial charge >= 0.3 is 0 Å². The molecule has 5 nitrogen and oxygen atoms in total. The Morgan fingerprint density at radius 2 is 1.76 bits per heavy atom. The minimum absolute atomic E-state index is 0.607. The molecule has 0 aliphatic rings. The molecule has 112 valence electrons. The lowest BCUT2D eigenvalue weighted by molar-refractivity contribution is -0.142. The van der Waals surface area contributed by atoms with Crippen LogP contribution in [0.2, 0.25) is 0 Å². The Morgan fingerprint density at radius 1 is 1.10 bits per heavy atom. The fourth-order valence-corrected chi connectivity index (χ4v) is 2.25. The van der Waals surface area contributed by atoms with Crippen molar-refractivity contribution in [3.8, 4) is 11.5 Å². The number of aldehydes is 1. The van der Waals surface area contributed by atoms with Crippen molar-refractivity contribution in [2.24, 2.45) is 0 Å². The molecule has 2 rings (SSSR count). The molecule has 7 heteroatoms. The van der Waals surface area contributed by atoms with Gasteiger partial charge in [0.05, 0.1) is 0 Å². The second kappa shape index (κ2) is 11.0. The van der Waals surface area contributed by atoms with Gasteiger partial charge in [0.1, 0.15) is 17.8 Å². The van der Waals surface area contributed by atoms with E-state index in [0.29, 0.717) is 11.3 Å². The summed E-state index contributed by atoms with van der Waals surface area (Å²) in [5.74, 6) is 1.43. The van der Waals surface area contributed by atoms with E-state index in [1.54, 1.807) is 18.2 Å². The molecule has 2 atom stereocenters. The summed E-state index contributed by atoms with van der Waals surface area (Å²) in [5.41, 5.74) is 3.86. The summed E-state index contributed by atoms with van der Waals surface area (Å²) in [6, 6.07) is 12.9. The fourth-order valence-electron chi connectivity index (χ4n) is 1.44. The SMILES string of the molecule is CO.O=Cc1cccc(Oc2ccc(P)cc2P)c1.[NH2+]=O. The van der Waals surface area contributed by atoms with Gasteiger partial charge in [0.25, 0.3) is 0 Å². The van der Waals surface area contributed by atoms with Crippen LogP contribution in [0.3, 0.4) is 0 Å². The van der Waals surface area contributed by atoms with Gasteiger partial charge in [0.2, 0.25) is 0 Å². The summed E-state index contributed by atoms with van der Waals surface area (Å²) in [7, 11) is 6.27. The number of aliphatic hydroxyl groups excluding tert-OH is 1. The average molecular weight is 326 g/mol. The quantitative estimate of drug-likeness (QED) is 0.632. The number of nitroso groups, excluding NO2 is 1. The highest BCUT2D eigenvalue weighted by molar-refractivity contribution is 7.29. The number of rotatable bonds is 3. The van der Waals surface area contributed by atoms with Crippen molar-refractivity contribution in [1.82, 2.24) is 0 Å². The molecule has 0 radical (unpaired) electrons. The highest BCUT2D eigenvalue weighted by Gasteiger charge is 2.02. The Hall–Kier alpha value is -1.67.